The van der Waals surface area contributed by atoms with Crippen LogP contribution < -0.4 is 0 Å². The van der Waals surface area contributed by atoms with Crippen molar-refractivity contribution in [3.05, 3.63) is 70.2 Å². The second-order valence-corrected chi connectivity index (χ2v) is 5.69. The van der Waals surface area contributed by atoms with E-state index in [0.717, 1.165) is 6.07 Å². The maximum absolute atomic E-state index is 13.3. The number of hydrogen-bond acceptors (Lipinski definition) is 1. The van der Waals surface area contributed by atoms with Crippen molar-refractivity contribution < 1.29 is 17.6 Å². The first kappa shape index (κ1) is 16.0. The van der Waals surface area contributed by atoms with Gasteiger partial charge in [-0.2, -0.15) is 13.2 Å². The number of rotatable bonds is 2. The Bertz CT molecular complexity index is 839. The van der Waals surface area contributed by atoms with E-state index in [-0.39, 0.29) is 16.5 Å². The van der Waals surface area contributed by atoms with Crippen LogP contribution in [-0.4, -0.2) is 0 Å². The molecule has 0 amide bonds. The standard InChI is InChI=1S/C17H9Cl2F3O/c18-11-6-7-12(14(19)8-11)15-9-13(17(20,21)22)16(23-15)10-4-2-1-3-5-10/h1-9H. The van der Waals surface area contributed by atoms with E-state index in [2.05, 4.69) is 0 Å². The summed E-state index contributed by atoms with van der Waals surface area (Å²) in [6.07, 6.45) is -4.54. The summed E-state index contributed by atoms with van der Waals surface area (Å²) in [6, 6.07) is 13.6. The number of alkyl halides is 3. The molecule has 0 unspecified atom stereocenters. The van der Waals surface area contributed by atoms with Crippen LogP contribution in [0.25, 0.3) is 22.6 Å². The minimum Gasteiger partial charge on any atom is -0.455 e. The molecule has 0 fully saturated rings. The van der Waals surface area contributed by atoms with Crippen LogP contribution in [0.2, 0.25) is 10.0 Å². The molecule has 3 rings (SSSR count). The zero-order valence-electron chi connectivity index (χ0n) is 11.5. The summed E-state index contributed by atoms with van der Waals surface area (Å²) in [5.41, 5.74) is -0.148. The SMILES string of the molecule is FC(F)(F)c1cc(-c2ccc(Cl)cc2Cl)oc1-c1ccccc1. The highest BCUT2D eigenvalue weighted by atomic mass is 35.5. The van der Waals surface area contributed by atoms with Crippen LogP contribution in [0.5, 0.6) is 0 Å². The van der Waals surface area contributed by atoms with E-state index in [9.17, 15) is 13.2 Å². The summed E-state index contributed by atoms with van der Waals surface area (Å²) in [5.74, 6) is -0.197. The first-order chi connectivity index (χ1) is 10.9. The molecule has 0 aliphatic rings. The van der Waals surface area contributed by atoms with Gasteiger partial charge in [-0.1, -0.05) is 53.5 Å². The molecule has 1 heterocycles. The van der Waals surface area contributed by atoms with E-state index in [1.807, 2.05) is 0 Å². The molecule has 3 aromatic rings. The van der Waals surface area contributed by atoms with Crippen LogP contribution in [-0.2, 0) is 6.18 Å². The van der Waals surface area contributed by atoms with Crippen LogP contribution in [0.15, 0.2) is 59.0 Å². The monoisotopic (exact) mass is 356 g/mol. The molecule has 118 valence electrons. The largest absolute Gasteiger partial charge is 0.455 e. The lowest BCUT2D eigenvalue weighted by molar-refractivity contribution is -0.137. The molecule has 23 heavy (non-hydrogen) atoms. The van der Waals surface area contributed by atoms with E-state index >= 15 is 0 Å². The van der Waals surface area contributed by atoms with Crippen LogP contribution in [0.1, 0.15) is 5.56 Å². The normalized spacial score (nSPS) is 11.7. The van der Waals surface area contributed by atoms with Crippen molar-refractivity contribution in [2.45, 2.75) is 6.18 Å². The number of hydrogen-bond donors (Lipinski definition) is 0. The van der Waals surface area contributed by atoms with Gasteiger partial charge in [-0.3, -0.25) is 0 Å². The van der Waals surface area contributed by atoms with Gasteiger partial charge in [-0.15, -0.1) is 0 Å². The second-order valence-electron chi connectivity index (χ2n) is 4.84. The molecule has 1 nitrogen and oxygen atoms in total. The van der Waals surface area contributed by atoms with Gasteiger partial charge in [0.05, 0.1) is 5.02 Å². The fourth-order valence-corrected chi connectivity index (χ4v) is 2.73. The van der Waals surface area contributed by atoms with Crippen molar-refractivity contribution in [3.8, 4) is 22.6 Å². The highest BCUT2D eigenvalue weighted by molar-refractivity contribution is 6.36. The van der Waals surface area contributed by atoms with Crippen LogP contribution in [0.4, 0.5) is 13.2 Å². The third-order valence-electron chi connectivity index (χ3n) is 3.27. The molecule has 6 heteroatoms. The molecule has 0 aliphatic carbocycles. The van der Waals surface area contributed by atoms with Crippen LogP contribution in [0.3, 0.4) is 0 Å². The topological polar surface area (TPSA) is 13.1 Å². The quantitative estimate of drug-likeness (QED) is 0.484. The van der Waals surface area contributed by atoms with Gasteiger partial charge in [0.15, 0.2) is 0 Å². The zero-order chi connectivity index (χ0) is 16.6. The lowest BCUT2D eigenvalue weighted by Crippen LogP contribution is -2.04. The fraction of sp³-hybridized carbons (Fsp3) is 0.0588. The maximum Gasteiger partial charge on any atom is 0.420 e. The summed E-state index contributed by atoms with van der Waals surface area (Å²) in [6.45, 7) is 0. The Morgan fingerprint density at radius 3 is 2.17 bits per heavy atom. The lowest BCUT2D eigenvalue weighted by Gasteiger charge is -2.06. The first-order valence-corrected chi connectivity index (χ1v) is 7.34. The Morgan fingerprint density at radius 2 is 1.57 bits per heavy atom. The number of benzene rings is 2. The minimum absolute atomic E-state index is 0.0397. The molecule has 0 radical (unpaired) electrons. The van der Waals surface area contributed by atoms with Gasteiger partial charge >= 0.3 is 6.18 Å². The summed E-state index contributed by atoms with van der Waals surface area (Å²) in [7, 11) is 0. The van der Waals surface area contributed by atoms with Gasteiger partial charge < -0.3 is 4.42 Å². The predicted octanol–water partition coefficient (Wildman–Crippen LogP) is 6.94. The Labute approximate surface area is 140 Å². The van der Waals surface area contributed by atoms with Gasteiger partial charge in [-0.25, -0.2) is 0 Å². The molecule has 1 aromatic heterocycles. The first-order valence-electron chi connectivity index (χ1n) is 6.58. The molecule has 0 aliphatic heterocycles. The van der Waals surface area contributed by atoms with E-state index in [0.29, 0.717) is 16.1 Å². The van der Waals surface area contributed by atoms with Gasteiger partial charge in [0.1, 0.15) is 17.1 Å². The Kier molecular flexibility index (Phi) is 4.13. The smallest absolute Gasteiger partial charge is 0.420 e. The molecule has 0 saturated heterocycles. The van der Waals surface area contributed by atoms with Gasteiger partial charge in [0.2, 0.25) is 0 Å². The average molecular weight is 357 g/mol. The Morgan fingerprint density at radius 1 is 0.870 bits per heavy atom. The average Bonchev–Trinajstić information content (AvgIpc) is 2.93. The van der Waals surface area contributed by atoms with E-state index in [4.69, 9.17) is 27.6 Å². The summed E-state index contributed by atoms with van der Waals surface area (Å²) in [5, 5.41) is 0.615. The van der Waals surface area contributed by atoms with E-state index in [1.165, 1.54) is 12.1 Å². The molecule has 0 N–H and O–H groups in total. The molecule has 2 aromatic carbocycles. The third-order valence-corrected chi connectivity index (χ3v) is 3.82. The zero-order valence-corrected chi connectivity index (χ0v) is 13.0. The predicted molar refractivity (Wildman–Crippen MR) is 84.6 cm³/mol. The molecular weight excluding hydrogens is 348 g/mol. The van der Waals surface area contributed by atoms with Crippen molar-refractivity contribution in [2.75, 3.05) is 0 Å². The lowest BCUT2D eigenvalue weighted by atomic mass is 10.1. The van der Waals surface area contributed by atoms with Gasteiger partial charge in [0.25, 0.3) is 0 Å². The van der Waals surface area contributed by atoms with Crippen LogP contribution in [0, 0.1) is 0 Å². The maximum atomic E-state index is 13.3. The Balaban J connectivity index is 2.19. The van der Waals surface area contributed by atoms with E-state index in [1.54, 1.807) is 36.4 Å². The highest BCUT2D eigenvalue weighted by Gasteiger charge is 2.37. The summed E-state index contributed by atoms with van der Waals surface area (Å²) < 4.78 is 45.4. The van der Waals surface area contributed by atoms with Crippen molar-refractivity contribution >= 4 is 23.2 Å². The summed E-state index contributed by atoms with van der Waals surface area (Å²) in [4.78, 5) is 0. The summed E-state index contributed by atoms with van der Waals surface area (Å²) >= 11 is 11.9. The molecule has 0 bridgehead atoms. The van der Waals surface area contributed by atoms with Crippen molar-refractivity contribution in [3.63, 3.8) is 0 Å². The minimum atomic E-state index is -4.54. The number of furan rings is 1. The van der Waals surface area contributed by atoms with Crippen molar-refractivity contribution in [2.24, 2.45) is 0 Å². The molecule has 0 atom stereocenters. The second kappa shape index (κ2) is 5.95. The Hall–Kier alpha value is -1.91. The molecule has 0 spiro atoms. The highest BCUT2D eigenvalue weighted by Crippen LogP contribution is 2.43. The van der Waals surface area contributed by atoms with Gasteiger partial charge in [0, 0.05) is 16.1 Å². The van der Waals surface area contributed by atoms with Crippen molar-refractivity contribution in [1.82, 2.24) is 0 Å². The molecule has 0 saturated carbocycles. The third kappa shape index (κ3) is 3.23. The fourth-order valence-electron chi connectivity index (χ4n) is 2.23. The van der Waals surface area contributed by atoms with Crippen LogP contribution >= 0.6 is 23.2 Å². The van der Waals surface area contributed by atoms with E-state index < -0.39 is 11.7 Å². The molecular formula is C17H9Cl2F3O. The number of halogens is 5. The van der Waals surface area contributed by atoms with Crippen molar-refractivity contribution in [1.29, 1.82) is 0 Å². The van der Waals surface area contributed by atoms with Gasteiger partial charge in [-0.05, 0) is 24.3 Å².